The minimum Gasteiger partial charge on any atom is -0.459 e. The molecule has 0 amide bonds. The van der Waals surface area contributed by atoms with Crippen molar-refractivity contribution in [3.05, 3.63) is 0 Å². The Morgan fingerprint density at radius 1 is 0.722 bits per heavy atom. The molecule has 0 rings (SSSR count). The second-order valence-corrected chi connectivity index (χ2v) is 8.73. The molecule has 1 unspecified atom stereocenters. The molecule has 0 aromatic rings. The van der Waals surface area contributed by atoms with E-state index in [1.165, 1.54) is 6.92 Å². The van der Waals surface area contributed by atoms with Crippen molar-refractivity contribution < 1.29 is 76.9 Å². The number of carbonyl (C=O) groups is 3. The molecule has 0 fully saturated rings. The number of esters is 3. The van der Waals surface area contributed by atoms with Crippen LogP contribution in [0.5, 0.6) is 0 Å². The zero-order valence-electron chi connectivity index (χ0n) is 19.2. The molecule has 0 saturated heterocycles. The lowest BCUT2D eigenvalue weighted by molar-refractivity contribution is -0.313. The van der Waals surface area contributed by atoms with Gasteiger partial charge in [-0.05, 0) is 33.6 Å². The van der Waals surface area contributed by atoms with E-state index in [9.17, 15) is 62.7 Å². The van der Waals surface area contributed by atoms with E-state index in [-0.39, 0.29) is 6.42 Å². The summed E-state index contributed by atoms with van der Waals surface area (Å²) in [7, 11) is 0. The maximum absolute atomic E-state index is 13.4. The van der Waals surface area contributed by atoms with Crippen LogP contribution in [0.3, 0.4) is 0 Å². The van der Waals surface area contributed by atoms with Gasteiger partial charge >= 0.3 is 36.4 Å². The fraction of sp³-hybridized carbons (Fsp3) is 0.842. The van der Waals surface area contributed by atoms with E-state index in [4.69, 9.17) is 0 Å². The van der Waals surface area contributed by atoms with Gasteiger partial charge in [-0.2, -0.15) is 39.5 Å². The van der Waals surface area contributed by atoms with Gasteiger partial charge in [-0.3, -0.25) is 9.59 Å². The van der Waals surface area contributed by atoms with Crippen LogP contribution in [0.25, 0.3) is 0 Å². The van der Waals surface area contributed by atoms with Gasteiger partial charge in [-0.1, -0.05) is 6.92 Å². The lowest BCUT2D eigenvalue weighted by Crippen LogP contribution is -2.46. The summed E-state index contributed by atoms with van der Waals surface area (Å²) in [5.74, 6) is -9.44. The molecule has 36 heavy (non-hydrogen) atoms. The summed E-state index contributed by atoms with van der Waals surface area (Å²) in [6.45, 7) is 1.02. The fourth-order valence-corrected chi connectivity index (χ4v) is 2.88. The van der Waals surface area contributed by atoms with Gasteiger partial charge in [0.2, 0.25) is 0 Å². The van der Waals surface area contributed by atoms with Crippen LogP contribution in [0.15, 0.2) is 0 Å². The van der Waals surface area contributed by atoms with Crippen LogP contribution in [0, 0.1) is 10.8 Å². The molecule has 0 heterocycles. The van der Waals surface area contributed by atoms with Crippen molar-refractivity contribution >= 4 is 17.9 Å². The van der Waals surface area contributed by atoms with Crippen molar-refractivity contribution in [2.45, 2.75) is 77.5 Å². The van der Waals surface area contributed by atoms with Crippen LogP contribution in [0.4, 0.5) is 48.3 Å². The van der Waals surface area contributed by atoms with Gasteiger partial charge in [0.1, 0.15) is 6.42 Å². The largest absolute Gasteiger partial charge is 0.459 e. The Morgan fingerprint density at radius 3 is 1.58 bits per heavy atom. The second kappa shape index (κ2) is 11.4. The van der Waals surface area contributed by atoms with Crippen LogP contribution in [-0.2, 0) is 28.6 Å². The van der Waals surface area contributed by atoms with Crippen molar-refractivity contribution in [1.82, 2.24) is 0 Å². The Labute approximate surface area is 197 Å². The first kappa shape index (κ1) is 33.6. The molecule has 0 saturated carbocycles. The number of hydrogen-bond donors (Lipinski definition) is 0. The van der Waals surface area contributed by atoms with E-state index in [1.54, 1.807) is 0 Å². The minimum atomic E-state index is -6.00. The average molecular weight is 556 g/mol. The number of hydrogen-bond acceptors (Lipinski definition) is 6. The SMILES string of the molecule is CCC(C)(CC(C)(C)C(=O)OCC(=O)OC(C(F)(F)F)C(F)(F)F)C(=O)OCC(F)(F)CC(F)(F)F. The molecule has 212 valence electrons. The predicted molar refractivity (Wildman–Crippen MR) is 96.3 cm³/mol. The molecule has 0 aliphatic carbocycles. The topological polar surface area (TPSA) is 78.9 Å². The summed E-state index contributed by atoms with van der Waals surface area (Å²) in [5.41, 5.74) is -3.57. The fourth-order valence-electron chi connectivity index (χ4n) is 2.88. The summed E-state index contributed by atoms with van der Waals surface area (Å²) in [4.78, 5) is 36.0. The third-order valence-electron chi connectivity index (χ3n) is 4.70. The second-order valence-electron chi connectivity index (χ2n) is 8.73. The van der Waals surface area contributed by atoms with Gasteiger partial charge in [0.25, 0.3) is 12.0 Å². The number of alkyl halides is 11. The minimum absolute atomic E-state index is 0.200. The molecule has 6 nitrogen and oxygen atoms in total. The van der Waals surface area contributed by atoms with E-state index in [2.05, 4.69) is 14.2 Å². The lowest BCUT2D eigenvalue weighted by Gasteiger charge is -2.34. The van der Waals surface area contributed by atoms with Gasteiger partial charge in [-0.25, -0.2) is 13.6 Å². The summed E-state index contributed by atoms with van der Waals surface area (Å²) < 4.78 is 150. The van der Waals surface area contributed by atoms with Crippen LogP contribution in [0.1, 0.15) is 47.0 Å². The summed E-state index contributed by atoms with van der Waals surface area (Å²) in [5, 5.41) is 0. The van der Waals surface area contributed by atoms with Gasteiger partial charge in [0.15, 0.2) is 13.2 Å². The van der Waals surface area contributed by atoms with E-state index in [0.717, 1.165) is 20.8 Å². The number of halogens is 11. The van der Waals surface area contributed by atoms with Crippen LogP contribution < -0.4 is 0 Å². The Morgan fingerprint density at radius 2 is 1.19 bits per heavy atom. The summed E-state index contributed by atoms with van der Waals surface area (Å²) >= 11 is 0. The first-order valence-corrected chi connectivity index (χ1v) is 9.88. The third kappa shape index (κ3) is 11.1. The molecule has 0 aromatic carbocycles. The summed E-state index contributed by atoms with van der Waals surface area (Å²) in [6, 6.07) is 0. The predicted octanol–water partition coefficient (Wildman–Crippen LogP) is 5.53. The van der Waals surface area contributed by atoms with Gasteiger partial charge in [0.05, 0.1) is 10.8 Å². The smallest absolute Gasteiger partial charge is 0.434 e. The lowest BCUT2D eigenvalue weighted by atomic mass is 9.72. The maximum Gasteiger partial charge on any atom is 0.434 e. The quantitative estimate of drug-likeness (QED) is 0.189. The molecular formula is C19H23F11O6. The number of ether oxygens (including phenoxy) is 3. The first-order chi connectivity index (χ1) is 15.8. The zero-order valence-corrected chi connectivity index (χ0v) is 19.2. The van der Waals surface area contributed by atoms with Gasteiger partial charge in [-0.15, -0.1) is 0 Å². The van der Waals surface area contributed by atoms with Crippen molar-refractivity contribution in [1.29, 1.82) is 0 Å². The van der Waals surface area contributed by atoms with Crippen molar-refractivity contribution in [2.75, 3.05) is 13.2 Å². The van der Waals surface area contributed by atoms with Crippen molar-refractivity contribution in [3.63, 3.8) is 0 Å². The summed E-state index contributed by atoms with van der Waals surface area (Å²) in [6.07, 6.45) is -25.1. The average Bonchev–Trinajstić information content (AvgIpc) is 2.64. The van der Waals surface area contributed by atoms with E-state index < -0.39 is 85.3 Å². The molecule has 1 atom stereocenters. The molecule has 0 aliphatic heterocycles. The van der Waals surface area contributed by atoms with Crippen LogP contribution in [0.2, 0.25) is 0 Å². The Hall–Kier alpha value is -2.36. The molecule has 0 aromatic heterocycles. The first-order valence-electron chi connectivity index (χ1n) is 9.88. The Bertz CT molecular complexity index is 772. The molecule has 0 N–H and O–H groups in total. The highest BCUT2D eigenvalue weighted by molar-refractivity contribution is 5.82. The zero-order chi connectivity index (χ0) is 29.0. The van der Waals surface area contributed by atoms with Crippen molar-refractivity contribution in [2.24, 2.45) is 10.8 Å². The number of rotatable bonds is 11. The highest BCUT2D eigenvalue weighted by Gasteiger charge is 2.60. The van der Waals surface area contributed by atoms with Crippen LogP contribution in [-0.4, -0.2) is 61.7 Å². The standard InChI is InChI=1S/C19H23F11O6/c1-5-15(4,13(33)35-9-16(20,21)8-17(22,23)24)7-14(2,3)12(32)34-6-10(31)36-11(18(25,26)27)19(28,29)30/h11H,5-9H2,1-4H3. The normalized spacial score (nSPS) is 15.3. The van der Waals surface area contributed by atoms with Gasteiger partial charge in [0, 0.05) is 0 Å². The molecule has 0 bridgehead atoms. The Balaban J connectivity index is 5.22. The van der Waals surface area contributed by atoms with Gasteiger partial charge < -0.3 is 14.2 Å². The maximum atomic E-state index is 13.4. The number of carbonyl (C=O) groups excluding carboxylic acids is 3. The van der Waals surface area contributed by atoms with Crippen LogP contribution >= 0.6 is 0 Å². The third-order valence-corrected chi connectivity index (χ3v) is 4.70. The van der Waals surface area contributed by atoms with Crippen molar-refractivity contribution in [3.8, 4) is 0 Å². The monoisotopic (exact) mass is 556 g/mol. The highest BCUT2D eigenvalue weighted by atomic mass is 19.4. The van der Waals surface area contributed by atoms with E-state index in [0.29, 0.717) is 0 Å². The van der Waals surface area contributed by atoms with E-state index >= 15 is 0 Å². The molecular weight excluding hydrogens is 533 g/mol. The molecule has 0 radical (unpaired) electrons. The molecule has 17 heteroatoms. The Kier molecular flexibility index (Phi) is 10.6. The van der Waals surface area contributed by atoms with E-state index in [1.807, 2.05) is 0 Å². The molecule has 0 spiro atoms. The molecule has 0 aliphatic rings. The highest BCUT2D eigenvalue weighted by Crippen LogP contribution is 2.40.